The van der Waals surface area contributed by atoms with E-state index in [0.29, 0.717) is 17.4 Å². The monoisotopic (exact) mass is 235 g/mol. The van der Waals surface area contributed by atoms with Gasteiger partial charge in [0.05, 0.1) is 12.6 Å². The van der Waals surface area contributed by atoms with E-state index in [-0.39, 0.29) is 12.6 Å². The van der Waals surface area contributed by atoms with Crippen molar-refractivity contribution in [3.05, 3.63) is 18.2 Å². The Balaban J connectivity index is 2.35. The maximum absolute atomic E-state index is 9.30. The lowest BCUT2D eigenvalue weighted by molar-refractivity contribution is 0.249. The third-order valence-electron chi connectivity index (χ3n) is 2.82. The topological polar surface area (TPSA) is 75.3 Å². The lowest BCUT2D eigenvalue weighted by Crippen LogP contribution is -2.30. The smallest absolute Gasteiger partial charge is 0.203 e. The summed E-state index contributed by atoms with van der Waals surface area (Å²) in [4.78, 5) is 4.24. The zero-order valence-corrected chi connectivity index (χ0v) is 10.3. The van der Waals surface area contributed by atoms with E-state index < -0.39 is 0 Å². The first-order valence-corrected chi connectivity index (χ1v) is 5.67. The molecule has 0 aromatic carbocycles. The van der Waals surface area contributed by atoms with Crippen molar-refractivity contribution < 1.29 is 5.11 Å². The van der Waals surface area contributed by atoms with Gasteiger partial charge in [0.15, 0.2) is 5.82 Å². The van der Waals surface area contributed by atoms with Crippen LogP contribution in [0.4, 0.5) is 5.82 Å². The second-order valence-corrected chi connectivity index (χ2v) is 4.39. The molecule has 92 valence electrons. The molecule has 0 bridgehead atoms. The number of hydrogen-bond acceptors (Lipinski definition) is 5. The van der Waals surface area contributed by atoms with Gasteiger partial charge < -0.3 is 10.4 Å². The molecule has 0 spiro atoms. The van der Waals surface area contributed by atoms with Crippen molar-refractivity contribution in [1.29, 1.82) is 0 Å². The third kappa shape index (κ3) is 2.21. The Labute approximate surface area is 99.7 Å². The summed E-state index contributed by atoms with van der Waals surface area (Å²) in [5.41, 5.74) is 0.684. The predicted octanol–water partition coefficient (Wildman–Crippen LogP) is 0.862. The molecule has 2 aromatic heterocycles. The number of rotatable bonds is 4. The maximum Gasteiger partial charge on any atom is 0.203 e. The number of anilines is 1. The molecule has 0 saturated heterocycles. The summed E-state index contributed by atoms with van der Waals surface area (Å²) in [5, 5.41) is 20.6. The van der Waals surface area contributed by atoms with Gasteiger partial charge in [0.2, 0.25) is 5.65 Å². The molecule has 0 fully saturated rings. The summed E-state index contributed by atoms with van der Waals surface area (Å²) in [6.45, 7) is 6.04. The fourth-order valence-corrected chi connectivity index (χ4v) is 1.64. The molecule has 6 nitrogen and oxygen atoms in total. The van der Waals surface area contributed by atoms with E-state index >= 15 is 0 Å². The van der Waals surface area contributed by atoms with Crippen LogP contribution in [0.3, 0.4) is 0 Å². The van der Waals surface area contributed by atoms with Crippen molar-refractivity contribution in [3.8, 4) is 0 Å². The number of fused-ring (bicyclic) bond motifs is 1. The van der Waals surface area contributed by atoms with Crippen molar-refractivity contribution in [2.75, 3.05) is 11.9 Å². The largest absolute Gasteiger partial charge is 0.394 e. The molecule has 2 rings (SSSR count). The van der Waals surface area contributed by atoms with Crippen LogP contribution in [0.25, 0.3) is 5.65 Å². The van der Waals surface area contributed by atoms with E-state index in [9.17, 15) is 5.11 Å². The van der Waals surface area contributed by atoms with Crippen molar-refractivity contribution in [3.63, 3.8) is 0 Å². The summed E-state index contributed by atoms with van der Waals surface area (Å²) >= 11 is 0. The van der Waals surface area contributed by atoms with Gasteiger partial charge in [-0.3, -0.25) is 4.40 Å². The minimum Gasteiger partial charge on any atom is -0.394 e. The first kappa shape index (κ1) is 11.8. The Morgan fingerprint density at radius 1 is 1.41 bits per heavy atom. The van der Waals surface area contributed by atoms with Crippen LogP contribution in [0.2, 0.25) is 0 Å². The first-order valence-electron chi connectivity index (χ1n) is 5.67. The molecule has 0 aliphatic carbocycles. The summed E-state index contributed by atoms with van der Waals surface area (Å²) in [5.74, 6) is 1.78. The van der Waals surface area contributed by atoms with Crippen LogP contribution in [0, 0.1) is 12.8 Å². The Morgan fingerprint density at radius 3 is 2.82 bits per heavy atom. The Kier molecular flexibility index (Phi) is 3.23. The number of aliphatic hydroxyl groups is 1. The van der Waals surface area contributed by atoms with E-state index in [1.807, 2.05) is 31.4 Å². The van der Waals surface area contributed by atoms with Crippen LogP contribution in [0.15, 0.2) is 12.4 Å². The molecule has 0 aliphatic heterocycles. The number of aliphatic hydroxyl groups excluding tert-OH is 1. The highest BCUT2D eigenvalue weighted by Crippen LogP contribution is 2.15. The average Bonchev–Trinajstić information content (AvgIpc) is 2.69. The highest BCUT2D eigenvalue weighted by molar-refractivity contribution is 5.62. The maximum atomic E-state index is 9.30. The average molecular weight is 235 g/mol. The minimum atomic E-state index is -0.0364. The van der Waals surface area contributed by atoms with E-state index in [4.69, 9.17) is 0 Å². The van der Waals surface area contributed by atoms with Crippen LogP contribution in [0.5, 0.6) is 0 Å². The van der Waals surface area contributed by atoms with Crippen molar-refractivity contribution in [2.45, 2.75) is 26.8 Å². The second kappa shape index (κ2) is 4.67. The molecule has 6 heteroatoms. The molecular weight excluding hydrogens is 218 g/mol. The molecule has 1 unspecified atom stereocenters. The number of hydrogen-bond donors (Lipinski definition) is 2. The molecule has 0 radical (unpaired) electrons. The van der Waals surface area contributed by atoms with Gasteiger partial charge in [0, 0.05) is 12.4 Å². The molecular formula is C11H17N5O. The SMILES string of the molecule is Cc1nnc2c(NC(CO)C(C)C)nccn12. The van der Waals surface area contributed by atoms with Gasteiger partial charge >= 0.3 is 0 Å². The highest BCUT2D eigenvalue weighted by Gasteiger charge is 2.15. The molecule has 0 aliphatic rings. The quantitative estimate of drug-likeness (QED) is 0.822. The summed E-state index contributed by atoms with van der Waals surface area (Å²) in [6, 6.07) is -0.0364. The summed E-state index contributed by atoms with van der Waals surface area (Å²) in [7, 11) is 0. The second-order valence-electron chi connectivity index (χ2n) is 4.39. The summed E-state index contributed by atoms with van der Waals surface area (Å²) < 4.78 is 1.87. The van der Waals surface area contributed by atoms with Crippen LogP contribution < -0.4 is 5.32 Å². The van der Waals surface area contributed by atoms with Gasteiger partial charge in [-0.25, -0.2) is 4.98 Å². The van der Waals surface area contributed by atoms with E-state index in [1.54, 1.807) is 6.20 Å². The molecule has 2 heterocycles. The van der Waals surface area contributed by atoms with Crippen molar-refractivity contribution in [2.24, 2.45) is 5.92 Å². The molecule has 0 saturated carbocycles. The van der Waals surface area contributed by atoms with Crippen LogP contribution in [0.1, 0.15) is 19.7 Å². The van der Waals surface area contributed by atoms with Gasteiger partial charge in [-0.2, -0.15) is 0 Å². The van der Waals surface area contributed by atoms with Crippen LogP contribution >= 0.6 is 0 Å². The van der Waals surface area contributed by atoms with Gasteiger partial charge in [-0.05, 0) is 12.8 Å². The first-order chi connectivity index (χ1) is 8.13. The van der Waals surface area contributed by atoms with Gasteiger partial charge in [0.25, 0.3) is 0 Å². The minimum absolute atomic E-state index is 0.0364. The van der Waals surface area contributed by atoms with E-state index in [2.05, 4.69) is 20.5 Å². The molecule has 17 heavy (non-hydrogen) atoms. The zero-order chi connectivity index (χ0) is 12.4. The summed E-state index contributed by atoms with van der Waals surface area (Å²) in [6.07, 6.45) is 3.51. The van der Waals surface area contributed by atoms with E-state index in [0.717, 1.165) is 5.82 Å². The normalized spacial score (nSPS) is 13.2. The molecule has 1 atom stereocenters. The van der Waals surface area contributed by atoms with Gasteiger partial charge in [-0.1, -0.05) is 13.8 Å². The van der Waals surface area contributed by atoms with Crippen LogP contribution in [-0.2, 0) is 0 Å². The lowest BCUT2D eigenvalue weighted by atomic mass is 10.1. The lowest BCUT2D eigenvalue weighted by Gasteiger charge is -2.20. The molecule has 2 aromatic rings. The van der Waals surface area contributed by atoms with Crippen molar-refractivity contribution >= 4 is 11.5 Å². The Morgan fingerprint density at radius 2 is 2.18 bits per heavy atom. The third-order valence-corrected chi connectivity index (χ3v) is 2.82. The van der Waals surface area contributed by atoms with E-state index in [1.165, 1.54) is 0 Å². The molecule has 0 amide bonds. The van der Waals surface area contributed by atoms with Gasteiger partial charge in [-0.15, -0.1) is 10.2 Å². The number of nitrogens with zero attached hydrogens (tertiary/aromatic N) is 4. The fraction of sp³-hybridized carbons (Fsp3) is 0.545. The van der Waals surface area contributed by atoms with Crippen molar-refractivity contribution in [1.82, 2.24) is 19.6 Å². The number of aryl methyl sites for hydroxylation is 1. The highest BCUT2D eigenvalue weighted by atomic mass is 16.3. The molecule has 2 N–H and O–H groups in total. The Bertz CT molecular complexity index is 508. The number of aromatic nitrogens is 4. The number of nitrogens with one attached hydrogen (secondary N) is 1. The van der Waals surface area contributed by atoms with Crippen LogP contribution in [-0.4, -0.2) is 37.3 Å². The Hall–Kier alpha value is -1.69. The van der Waals surface area contributed by atoms with Gasteiger partial charge in [0.1, 0.15) is 5.82 Å². The standard InChI is InChI=1S/C11H17N5O/c1-7(2)9(6-17)13-10-11-15-14-8(3)16(11)5-4-12-10/h4-5,7,9,17H,6H2,1-3H3,(H,12,13). The zero-order valence-electron chi connectivity index (χ0n) is 10.3. The predicted molar refractivity (Wildman–Crippen MR) is 64.9 cm³/mol. The fourth-order valence-electron chi connectivity index (χ4n) is 1.64.